The van der Waals surface area contributed by atoms with E-state index in [0.29, 0.717) is 34.8 Å². The highest BCUT2D eigenvalue weighted by Crippen LogP contribution is 2.31. The number of carbonyl (C=O) groups is 1. The van der Waals surface area contributed by atoms with Gasteiger partial charge in [0, 0.05) is 10.9 Å². The minimum atomic E-state index is -4.37. The van der Waals surface area contributed by atoms with E-state index in [2.05, 4.69) is 10.1 Å². The first-order chi connectivity index (χ1) is 14.3. The van der Waals surface area contributed by atoms with E-state index in [1.54, 1.807) is 31.2 Å². The number of alkyl halides is 3. The molecule has 3 aromatic rings. The van der Waals surface area contributed by atoms with E-state index in [-0.39, 0.29) is 12.5 Å². The van der Waals surface area contributed by atoms with Crippen LogP contribution in [0.4, 0.5) is 13.2 Å². The number of fused-ring (bicyclic) bond motifs is 1. The molecule has 0 spiro atoms. The lowest BCUT2D eigenvalue weighted by Crippen LogP contribution is -2.26. The van der Waals surface area contributed by atoms with Crippen molar-refractivity contribution in [2.75, 3.05) is 13.2 Å². The fraction of sp³-hybridized carbons (Fsp3) is 0.318. The molecule has 0 saturated carbocycles. The van der Waals surface area contributed by atoms with Gasteiger partial charge in [-0.05, 0) is 43.7 Å². The van der Waals surface area contributed by atoms with E-state index in [0.717, 1.165) is 5.39 Å². The van der Waals surface area contributed by atoms with Gasteiger partial charge in [-0.1, -0.05) is 24.3 Å². The number of nitrogens with one attached hydrogen (secondary N) is 1. The maximum absolute atomic E-state index is 12.5. The lowest BCUT2D eigenvalue weighted by Gasteiger charge is -2.12. The Bertz CT molecular complexity index is 996. The molecule has 160 valence electrons. The zero-order chi connectivity index (χ0) is 21.7. The number of hydrogen-bond donors (Lipinski definition) is 1. The van der Waals surface area contributed by atoms with Crippen LogP contribution < -0.4 is 10.1 Å². The molecule has 0 radical (unpaired) electrons. The summed E-state index contributed by atoms with van der Waals surface area (Å²) in [6.07, 6.45) is -4.37. The molecule has 1 aromatic heterocycles. The van der Waals surface area contributed by atoms with Gasteiger partial charge >= 0.3 is 6.18 Å². The standard InChI is InChI=1S/C22H22F3NO4/c1-3-29-18-6-4-5-17-11-19(30-20(17)18)14(2)26-21(27)16-9-7-15(8-10-16)12-28-13-22(23,24)25/h4-11,14H,3,12-13H2,1-2H3,(H,26,27). The average Bonchev–Trinajstić information content (AvgIpc) is 3.13. The molecule has 0 saturated heterocycles. The topological polar surface area (TPSA) is 60.7 Å². The molecule has 0 aliphatic rings. The van der Waals surface area contributed by atoms with Crippen LogP contribution in [0.15, 0.2) is 52.9 Å². The predicted molar refractivity (Wildman–Crippen MR) is 105 cm³/mol. The Morgan fingerprint density at radius 1 is 1.17 bits per heavy atom. The normalized spacial score (nSPS) is 12.7. The number of furan rings is 1. The molecule has 0 aliphatic carbocycles. The van der Waals surface area contributed by atoms with E-state index in [1.807, 2.05) is 31.2 Å². The van der Waals surface area contributed by atoms with Gasteiger partial charge in [-0.15, -0.1) is 0 Å². The molecule has 0 aliphatic heterocycles. The second kappa shape index (κ2) is 9.21. The number of carbonyl (C=O) groups excluding carboxylic acids is 1. The number of benzene rings is 2. The third-order valence-electron chi connectivity index (χ3n) is 4.35. The first kappa shape index (κ1) is 21.7. The molecule has 1 atom stereocenters. The summed E-state index contributed by atoms with van der Waals surface area (Å²) in [6.45, 7) is 2.71. The van der Waals surface area contributed by atoms with Crippen molar-refractivity contribution in [3.63, 3.8) is 0 Å². The van der Waals surface area contributed by atoms with Gasteiger partial charge in [-0.2, -0.15) is 13.2 Å². The summed E-state index contributed by atoms with van der Waals surface area (Å²) >= 11 is 0. The molecule has 5 nitrogen and oxygen atoms in total. The zero-order valence-corrected chi connectivity index (χ0v) is 16.6. The number of rotatable bonds is 8. The highest BCUT2D eigenvalue weighted by atomic mass is 19.4. The first-order valence-electron chi connectivity index (χ1n) is 9.46. The minimum Gasteiger partial charge on any atom is -0.490 e. The van der Waals surface area contributed by atoms with Crippen molar-refractivity contribution in [1.82, 2.24) is 5.32 Å². The van der Waals surface area contributed by atoms with Crippen molar-refractivity contribution in [2.45, 2.75) is 32.7 Å². The zero-order valence-electron chi connectivity index (χ0n) is 16.6. The van der Waals surface area contributed by atoms with Gasteiger partial charge < -0.3 is 19.2 Å². The summed E-state index contributed by atoms with van der Waals surface area (Å²) in [6, 6.07) is 13.3. The second-order valence-corrected chi connectivity index (χ2v) is 6.76. The van der Waals surface area contributed by atoms with Crippen LogP contribution in [0.5, 0.6) is 5.75 Å². The Morgan fingerprint density at radius 3 is 2.57 bits per heavy atom. The molecule has 2 aromatic carbocycles. The Morgan fingerprint density at radius 2 is 1.90 bits per heavy atom. The van der Waals surface area contributed by atoms with Gasteiger partial charge in [0.1, 0.15) is 12.4 Å². The van der Waals surface area contributed by atoms with Crippen molar-refractivity contribution in [1.29, 1.82) is 0 Å². The first-order valence-corrected chi connectivity index (χ1v) is 9.46. The maximum Gasteiger partial charge on any atom is 0.411 e. The Hall–Kier alpha value is -3.00. The van der Waals surface area contributed by atoms with Gasteiger partial charge in [0.25, 0.3) is 5.91 Å². The molecule has 1 N–H and O–H groups in total. The fourth-order valence-electron chi connectivity index (χ4n) is 2.93. The second-order valence-electron chi connectivity index (χ2n) is 6.76. The van der Waals surface area contributed by atoms with Crippen LogP contribution in [0.25, 0.3) is 11.0 Å². The lowest BCUT2D eigenvalue weighted by molar-refractivity contribution is -0.176. The van der Waals surface area contributed by atoms with Crippen LogP contribution >= 0.6 is 0 Å². The number of halogens is 3. The molecule has 8 heteroatoms. The highest BCUT2D eigenvalue weighted by molar-refractivity contribution is 5.94. The van der Waals surface area contributed by atoms with Crippen molar-refractivity contribution >= 4 is 16.9 Å². The summed E-state index contributed by atoms with van der Waals surface area (Å²) in [5.41, 5.74) is 1.55. The third kappa shape index (κ3) is 5.54. The van der Waals surface area contributed by atoms with Crippen LogP contribution in [0.1, 0.15) is 41.6 Å². The summed E-state index contributed by atoms with van der Waals surface area (Å²) < 4.78 is 52.5. The van der Waals surface area contributed by atoms with Gasteiger partial charge in [0.15, 0.2) is 11.3 Å². The SMILES string of the molecule is CCOc1cccc2cc(C(C)NC(=O)c3ccc(COCC(F)(F)F)cc3)oc12. The van der Waals surface area contributed by atoms with Crippen LogP contribution in [-0.2, 0) is 11.3 Å². The fourth-order valence-corrected chi connectivity index (χ4v) is 2.93. The smallest absolute Gasteiger partial charge is 0.411 e. The summed E-state index contributed by atoms with van der Waals surface area (Å²) in [5.74, 6) is 0.904. The average molecular weight is 421 g/mol. The van der Waals surface area contributed by atoms with Gasteiger partial charge in [0.2, 0.25) is 0 Å². The Balaban J connectivity index is 1.63. The molecule has 0 fully saturated rings. The molecule has 1 heterocycles. The number of ether oxygens (including phenoxy) is 2. The number of hydrogen-bond acceptors (Lipinski definition) is 4. The molecule has 30 heavy (non-hydrogen) atoms. The van der Waals surface area contributed by atoms with Crippen LogP contribution in [0, 0.1) is 0 Å². The summed E-state index contributed by atoms with van der Waals surface area (Å²) in [4.78, 5) is 12.5. The molecular weight excluding hydrogens is 399 g/mol. The van der Waals surface area contributed by atoms with E-state index >= 15 is 0 Å². The van der Waals surface area contributed by atoms with Crippen molar-refractivity contribution < 1.29 is 31.9 Å². The minimum absolute atomic E-state index is 0.182. The molecular formula is C22H22F3NO4. The largest absolute Gasteiger partial charge is 0.490 e. The lowest BCUT2D eigenvalue weighted by atomic mass is 10.1. The van der Waals surface area contributed by atoms with Crippen LogP contribution in [0.2, 0.25) is 0 Å². The van der Waals surface area contributed by atoms with Crippen molar-refractivity contribution in [2.24, 2.45) is 0 Å². The van der Waals surface area contributed by atoms with Gasteiger partial charge in [-0.3, -0.25) is 4.79 Å². The molecule has 1 unspecified atom stereocenters. The third-order valence-corrected chi connectivity index (χ3v) is 4.35. The quantitative estimate of drug-likeness (QED) is 0.529. The summed E-state index contributed by atoms with van der Waals surface area (Å²) in [7, 11) is 0. The summed E-state index contributed by atoms with van der Waals surface area (Å²) in [5, 5.41) is 3.73. The molecule has 3 rings (SSSR count). The molecule has 0 bridgehead atoms. The predicted octanol–water partition coefficient (Wildman–Crippen LogP) is 5.40. The van der Waals surface area contributed by atoms with Crippen molar-refractivity contribution in [3.05, 3.63) is 65.4 Å². The number of para-hydroxylation sites is 1. The Labute approximate surface area is 171 Å². The van der Waals surface area contributed by atoms with Gasteiger partial charge in [0.05, 0.1) is 19.3 Å². The van der Waals surface area contributed by atoms with E-state index in [9.17, 15) is 18.0 Å². The van der Waals surface area contributed by atoms with Gasteiger partial charge in [-0.25, -0.2) is 0 Å². The van der Waals surface area contributed by atoms with E-state index < -0.39 is 18.8 Å². The van der Waals surface area contributed by atoms with Crippen molar-refractivity contribution in [3.8, 4) is 5.75 Å². The van der Waals surface area contributed by atoms with E-state index in [4.69, 9.17) is 9.15 Å². The van der Waals surface area contributed by atoms with E-state index in [1.165, 1.54) is 0 Å². The Kier molecular flexibility index (Phi) is 6.66. The van der Waals surface area contributed by atoms with Crippen LogP contribution in [-0.4, -0.2) is 25.3 Å². The maximum atomic E-state index is 12.5. The van der Waals surface area contributed by atoms with Crippen LogP contribution in [0.3, 0.4) is 0 Å². The molecule has 1 amide bonds. The highest BCUT2D eigenvalue weighted by Gasteiger charge is 2.27. The number of amides is 1. The monoisotopic (exact) mass is 421 g/mol.